The molecule has 28 heavy (non-hydrogen) atoms. The number of nitrogens with zero attached hydrogens (tertiary/aromatic N) is 2. The van der Waals surface area contributed by atoms with E-state index >= 15 is 0 Å². The van der Waals surface area contributed by atoms with Crippen LogP contribution in [-0.2, 0) is 14.3 Å². The molecule has 3 rings (SSSR count). The fourth-order valence-corrected chi connectivity index (χ4v) is 3.80. The van der Waals surface area contributed by atoms with Crippen LogP contribution in [-0.4, -0.2) is 67.1 Å². The zero-order valence-electron chi connectivity index (χ0n) is 16.9. The van der Waals surface area contributed by atoms with Crippen LogP contribution in [0.2, 0.25) is 5.02 Å². The Bertz CT molecular complexity index is 723. The molecule has 7 heteroatoms. The van der Waals surface area contributed by atoms with Gasteiger partial charge in [-0.2, -0.15) is 0 Å². The number of carbonyl (C=O) groups is 2. The Morgan fingerprint density at radius 3 is 2.50 bits per heavy atom. The summed E-state index contributed by atoms with van der Waals surface area (Å²) in [5.41, 5.74) is 1.92. The van der Waals surface area contributed by atoms with E-state index < -0.39 is 0 Å². The van der Waals surface area contributed by atoms with Gasteiger partial charge in [-0.1, -0.05) is 25.4 Å². The summed E-state index contributed by atoms with van der Waals surface area (Å²) >= 11 is 6.23. The summed E-state index contributed by atoms with van der Waals surface area (Å²) in [6.07, 6.45) is 1.44. The van der Waals surface area contributed by atoms with Gasteiger partial charge in [-0.05, 0) is 48.9 Å². The Hall–Kier alpha value is -1.79. The molecular weight excluding hydrogens is 380 g/mol. The third kappa shape index (κ3) is 4.78. The van der Waals surface area contributed by atoms with Gasteiger partial charge in [-0.3, -0.25) is 9.59 Å². The molecule has 1 unspecified atom stereocenters. The number of ether oxygens (including phenoxy) is 2. The quantitative estimate of drug-likeness (QED) is 0.751. The average Bonchev–Trinajstić information content (AvgIpc) is 3.22. The molecule has 0 saturated carbocycles. The van der Waals surface area contributed by atoms with E-state index in [0.717, 1.165) is 24.0 Å². The highest BCUT2D eigenvalue weighted by Crippen LogP contribution is 2.32. The first-order valence-corrected chi connectivity index (χ1v) is 10.4. The maximum absolute atomic E-state index is 12.6. The van der Waals surface area contributed by atoms with Crippen molar-refractivity contribution < 1.29 is 19.1 Å². The molecule has 0 aromatic heterocycles. The molecule has 0 spiro atoms. The second-order valence-corrected chi connectivity index (χ2v) is 8.20. The molecule has 0 radical (unpaired) electrons. The van der Waals surface area contributed by atoms with Gasteiger partial charge in [-0.15, -0.1) is 0 Å². The van der Waals surface area contributed by atoms with Crippen LogP contribution in [0.4, 0.5) is 0 Å². The van der Waals surface area contributed by atoms with Crippen LogP contribution >= 0.6 is 11.6 Å². The lowest BCUT2D eigenvalue weighted by molar-refractivity contribution is -0.146. The van der Waals surface area contributed by atoms with Crippen molar-refractivity contribution >= 4 is 23.4 Å². The summed E-state index contributed by atoms with van der Waals surface area (Å²) in [4.78, 5) is 28.6. The van der Waals surface area contributed by atoms with E-state index in [9.17, 15) is 9.59 Å². The minimum Gasteiger partial charge on any atom is -0.483 e. The number of benzene rings is 1. The minimum atomic E-state index is -0.298. The third-order valence-electron chi connectivity index (χ3n) is 5.41. The van der Waals surface area contributed by atoms with Gasteiger partial charge >= 0.3 is 0 Å². The van der Waals surface area contributed by atoms with E-state index in [4.69, 9.17) is 21.1 Å². The zero-order valence-corrected chi connectivity index (χ0v) is 17.6. The Kier molecular flexibility index (Phi) is 6.83. The molecule has 2 saturated heterocycles. The van der Waals surface area contributed by atoms with E-state index in [-0.39, 0.29) is 30.4 Å². The highest BCUT2D eigenvalue weighted by molar-refractivity contribution is 6.31. The lowest BCUT2D eigenvalue weighted by Crippen LogP contribution is -2.53. The number of aryl methyl sites for hydroxylation is 1. The fourth-order valence-electron chi connectivity index (χ4n) is 3.63. The van der Waals surface area contributed by atoms with Gasteiger partial charge in [0.05, 0.1) is 0 Å². The van der Waals surface area contributed by atoms with Crippen LogP contribution in [0, 0.1) is 6.92 Å². The molecule has 0 N–H and O–H groups in total. The van der Waals surface area contributed by atoms with E-state index in [1.807, 2.05) is 19.1 Å². The number of piperazine rings is 1. The van der Waals surface area contributed by atoms with Crippen molar-refractivity contribution in [1.29, 1.82) is 0 Å². The molecule has 2 aliphatic heterocycles. The first kappa shape index (κ1) is 20.9. The molecule has 2 amide bonds. The fraction of sp³-hybridized carbons (Fsp3) is 0.619. The van der Waals surface area contributed by atoms with E-state index in [1.165, 1.54) is 0 Å². The van der Waals surface area contributed by atoms with Gasteiger partial charge in [0, 0.05) is 37.8 Å². The van der Waals surface area contributed by atoms with Gasteiger partial charge in [0.25, 0.3) is 11.8 Å². The predicted octanol–water partition coefficient (Wildman–Crippen LogP) is 3.00. The second-order valence-electron chi connectivity index (χ2n) is 7.79. The maximum Gasteiger partial charge on any atom is 0.260 e. The lowest BCUT2D eigenvalue weighted by Gasteiger charge is -2.35. The molecule has 2 aliphatic rings. The molecule has 2 fully saturated rings. The molecular formula is C21H29ClN2O4. The van der Waals surface area contributed by atoms with Crippen LogP contribution in [0.3, 0.4) is 0 Å². The SMILES string of the molecule is Cc1cc(OCC(=O)N2CCN(C(=O)C3CCCO3)CC2)c(C(C)C)cc1Cl. The van der Waals surface area contributed by atoms with E-state index in [0.29, 0.717) is 43.6 Å². The zero-order chi connectivity index (χ0) is 20.3. The number of amides is 2. The number of hydrogen-bond acceptors (Lipinski definition) is 4. The molecule has 2 heterocycles. The number of carbonyl (C=O) groups excluding carboxylic acids is 2. The molecule has 1 aromatic carbocycles. The standard InChI is InChI=1S/C21H29ClN2O4/c1-14(2)16-12-17(22)15(3)11-19(16)28-13-20(25)23-6-8-24(9-7-23)21(26)18-5-4-10-27-18/h11-12,14,18H,4-10,13H2,1-3H3. The van der Waals surface area contributed by atoms with E-state index in [2.05, 4.69) is 13.8 Å². The Balaban J connectivity index is 1.52. The van der Waals surface area contributed by atoms with Crippen LogP contribution in [0.1, 0.15) is 43.7 Å². The molecule has 1 atom stereocenters. The third-order valence-corrected chi connectivity index (χ3v) is 5.82. The molecule has 0 bridgehead atoms. The van der Waals surface area contributed by atoms with Gasteiger partial charge < -0.3 is 19.3 Å². The number of hydrogen-bond donors (Lipinski definition) is 0. The molecule has 154 valence electrons. The van der Waals surface area contributed by atoms with Crippen LogP contribution < -0.4 is 4.74 Å². The van der Waals surface area contributed by atoms with Crippen molar-refractivity contribution in [3.63, 3.8) is 0 Å². The second kappa shape index (κ2) is 9.14. The average molecular weight is 409 g/mol. The van der Waals surface area contributed by atoms with Crippen molar-refractivity contribution in [2.45, 2.75) is 45.6 Å². The minimum absolute atomic E-state index is 0.0134. The van der Waals surface area contributed by atoms with E-state index in [1.54, 1.807) is 9.80 Å². The first-order valence-electron chi connectivity index (χ1n) is 9.98. The summed E-state index contributed by atoms with van der Waals surface area (Å²) in [6, 6.07) is 3.81. The highest BCUT2D eigenvalue weighted by Gasteiger charge is 2.31. The summed E-state index contributed by atoms with van der Waals surface area (Å²) < 4.78 is 11.3. The maximum atomic E-state index is 12.6. The van der Waals surface area contributed by atoms with Crippen LogP contribution in [0.5, 0.6) is 5.75 Å². The summed E-state index contributed by atoms with van der Waals surface area (Å²) in [7, 11) is 0. The highest BCUT2D eigenvalue weighted by atomic mass is 35.5. The Morgan fingerprint density at radius 2 is 1.89 bits per heavy atom. The summed E-state index contributed by atoms with van der Waals surface area (Å²) in [5.74, 6) is 0.943. The lowest BCUT2D eigenvalue weighted by atomic mass is 10.0. The molecule has 6 nitrogen and oxygen atoms in total. The van der Waals surface area contributed by atoms with Crippen molar-refractivity contribution in [2.75, 3.05) is 39.4 Å². The largest absolute Gasteiger partial charge is 0.483 e. The van der Waals surface area contributed by atoms with Crippen LogP contribution in [0.15, 0.2) is 12.1 Å². The van der Waals surface area contributed by atoms with Crippen LogP contribution in [0.25, 0.3) is 0 Å². The molecule has 0 aliphatic carbocycles. The van der Waals surface area contributed by atoms with Crippen molar-refractivity contribution in [2.24, 2.45) is 0 Å². The summed E-state index contributed by atoms with van der Waals surface area (Å²) in [5, 5.41) is 0.703. The Morgan fingerprint density at radius 1 is 1.21 bits per heavy atom. The number of rotatable bonds is 5. The van der Waals surface area contributed by atoms with Gasteiger partial charge in [0.2, 0.25) is 0 Å². The Labute approximate surface area is 171 Å². The van der Waals surface area contributed by atoms with Crippen molar-refractivity contribution in [1.82, 2.24) is 9.80 Å². The smallest absolute Gasteiger partial charge is 0.260 e. The van der Waals surface area contributed by atoms with Crippen molar-refractivity contribution in [3.05, 3.63) is 28.3 Å². The van der Waals surface area contributed by atoms with Crippen molar-refractivity contribution in [3.8, 4) is 5.75 Å². The first-order chi connectivity index (χ1) is 13.4. The van der Waals surface area contributed by atoms with Gasteiger partial charge in [-0.25, -0.2) is 0 Å². The topological polar surface area (TPSA) is 59.1 Å². The molecule has 1 aromatic rings. The number of halogens is 1. The monoisotopic (exact) mass is 408 g/mol. The predicted molar refractivity (Wildman–Crippen MR) is 108 cm³/mol. The van der Waals surface area contributed by atoms with Gasteiger partial charge in [0.15, 0.2) is 6.61 Å². The summed E-state index contributed by atoms with van der Waals surface area (Å²) in [6.45, 7) is 8.85. The van der Waals surface area contributed by atoms with Gasteiger partial charge in [0.1, 0.15) is 11.9 Å². The normalized spacial score (nSPS) is 20.0.